The van der Waals surface area contributed by atoms with Crippen molar-refractivity contribution in [1.29, 1.82) is 0 Å². The molecule has 32 heavy (non-hydrogen) atoms. The molecule has 0 bridgehead atoms. The zero-order chi connectivity index (χ0) is 23.0. The van der Waals surface area contributed by atoms with Crippen molar-refractivity contribution >= 4 is 17.6 Å². The number of amides is 2. The topological polar surface area (TPSA) is 70.5 Å². The van der Waals surface area contributed by atoms with Crippen LogP contribution in [-0.2, 0) is 22.7 Å². The number of imidazole rings is 1. The number of nitrogens with zero attached hydrogens (tertiary/aromatic N) is 4. The quantitative estimate of drug-likeness (QED) is 0.792. The molecule has 7 nitrogen and oxygen atoms in total. The number of carbonyl (C=O) groups is 2. The summed E-state index contributed by atoms with van der Waals surface area (Å²) in [5.74, 6) is 1.63. The van der Waals surface area contributed by atoms with Crippen molar-refractivity contribution in [2.75, 3.05) is 25.0 Å². The summed E-state index contributed by atoms with van der Waals surface area (Å²) in [4.78, 5) is 33.4. The summed E-state index contributed by atoms with van der Waals surface area (Å²) in [6.45, 7) is 10.9. The summed E-state index contributed by atoms with van der Waals surface area (Å²) in [7, 11) is 0. The highest BCUT2D eigenvalue weighted by Crippen LogP contribution is 2.33. The Labute approximate surface area is 188 Å². The predicted molar refractivity (Wildman–Crippen MR) is 121 cm³/mol. The van der Waals surface area contributed by atoms with Gasteiger partial charge in [0.05, 0.1) is 6.54 Å². The molecule has 0 spiro atoms. The van der Waals surface area contributed by atoms with Crippen LogP contribution in [0.15, 0.2) is 24.3 Å². The Bertz CT molecular complexity index is 1000. The number of likely N-dealkylation sites (tertiary alicyclic amines) is 1. The standard InChI is InChI=1S/C24H32FN5O2/c1-16(31)28-11-9-18(10-12-28)23(32)29-13-14-30-20(15-29)26-21(22(30)27-24(2,3)4)17-5-7-19(25)8-6-17/h5-8,18,27H,9-15H2,1-4H3. The molecule has 2 aliphatic rings. The SMILES string of the molecule is CC(=O)N1CCC(C(=O)N2CCn3c(nc(-c4ccc(F)cc4)c3NC(C)(C)C)C2)CC1. The second-order valence-electron chi connectivity index (χ2n) is 9.80. The van der Waals surface area contributed by atoms with E-state index in [4.69, 9.17) is 4.98 Å². The van der Waals surface area contributed by atoms with E-state index in [9.17, 15) is 14.0 Å². The largest absolute Gasteiger partial charge is 0.365 e. The Morgan fingerprint density at radius 3 is 2.28 bits per heavy atom. The van der Waals surface area contributed by atoms with Gasteiger partial charge in [0.1, 0.15) is 23.2 Å². The van der Waals surface area contributed by atoms with Crippen LogP contribution in [0.2, 0.25) is 0 Å². The molecule has 3 heterocycles. The molecule has 1 saturated heterocycles. The van der Waals surface area contributed by atoms with Crippen molar-refractivity contribution in [2.24, 2.45) is 5.92 Å². The average molecular weight is 442 g/mol. The molecule has 0 aliphatic carbocycles. The van der Waals surface area contributed by atoms with Crippen LogP contribution in [-0.4, -0.2) is 56.3 Å². The van der Waals surface area contributed by atoms with Crippen molar-refractivity contribution < 1.29 is 14.0 Å². The number of rotatable bonds is 3. The molecule has 0 saturated carbocycles. The van der Waals surface area contributed by atoms with E-state index in [0.29, 0.717) is 45.6 Å². The van der Waals surface area contributed by atoms with Crippen LogP contribution in [0, 0.1) is 11.7 Å². The normalized spacial score (nSPS) is 17.3. The van der Waals surface area contributed by atoms with E-state index in [-0.39, 0.29) is 29.1 Å². The number of carbonyl (C=O) groups excluding carboxylic acids is 2. The van der Waals surface area contributed by atoms with E-state index in [0.717, 1.165) is 22.9 Å². The summed E-state index contributed by atoms with van der Waals surface area (Å²) < 4.78 is 15.6. The summed E-state index contributed by atoms with van der Waals surface area (Å²) in [6, 6.07) is 6.36. The van der Waals surface area contributed by atoms with Gasteiger partial charge in [0.2, 0.25) is 11.8 Å². The smallest absolute Gasteiger partial charge is 0.226 e. The first kappa shape index (κ1) is 22.3. The number of hydrogen-bond acceptors (Lipinski definition) is 4. The van der Waals surface area contributed by atoms with Crippen molar-refractivity contribution in [2.45, 2.75) is 59.2 Å². The molecule has 1 aromatic heterocycles. The van der Waals surface area contributed by atoms with Gasteiger partial charge in [-0.2, -0.15) is 0 Å². The van der Waals surface area contributed by atoms with E-state index in [1.165, 1.54) is 12.1 Å². The lowest BCUT2D eigenvalue weighted by Crippen LogP contribution is -2.46. The summed E-state index contributed by atoms with van der Waals surface area (Å²) in [5, 5.41) is 3.56. The second-order valence-corrected chi connectivity index (χ2v) is 9.80. The molecule has 0 unspecified atom stereocenters. The Morgan fingerprint density at radius 2 is 1.69 bits per heavy atom. The van der Waals surface area contributed by atoms with Crippen LogP contribution in [0.5, 0.6) is 0 Å². The first-order valence-electron chi connectivity index (χ1n) is 11.3. The van der Waals surface area contributed by atoms with Crippen LogP contribution in [0.3, 0.4) is 0 Å². The van der Waals surface area contributed by atoms with Crippen molar-refractivity contribution in [3.63, 3.8) is 0 Å². The minimum Gasteiger partial charge on any atom is -0.365 e. The molecule has 0 radical (unpaired) electrons. The third kappa shape index (κ3) is 4.64. The number of benzene rings is 1. The van der Waals surface area contributed by atoms with Gasteiger partial charge in [-0.15, -0.1) is 0 Å². The highest BCUT2D eigenvalue weighted by atomic mass is 19.1. The third-order valence-corrected chi connectivity index (χ3v) is 6.18. The molecule has 8 heteroatoms. The maximum Gasteiger partial charge on any atom is 0.226 e. The average Bonchev–Trinajstić information content (AvgIpc) is 3.10. The summed E-state index contributed by atoms with van der Waals surface area (Å²) in [6.07, 6.45) is 1.42. The van der Waals surface area contributed by atoms with Crippen LogP contribution in [0.25, 0.3) is 11.3 Å². The first-order chi connectivity index (χ1) is 15.1. The molecular formula is C24H32FN5O2. The van der Waals surface area contributed by atoms with E-state index in [2.05, 4.69) is 30.7 Å². The lowest BCUT2D eigenvalue weighted by molar-refractivity contribution is -0.141. The van der Waals surface area contributed by atoms with Gasteiger partial charge in [0.15, 0.2) is 0 Å². The predicted octanol–water partition coefficient (Wildman–Crippen LogP) is 3.50. The maximum atomic E-state index is 13.5. The van der Waals surface area contributed by atoms with E-state index >= 15 is 0 Å². The minimum atomic E-state index is -0.282. The van der Waals surface area contributed by atoms with Crippen molar-refractivity contribution in [1.82, 2.24) is 19.4 Å². The van der Waals surface area contributed by atoms with Crippen LogP contribution < -0.4 is 5.32 Å². The summed E-state index contributed by atoms with van der Waals surface area (Å²) >= 11 is 0. The third-order valence-electron chi connectivity index (χ3n) is 6.18. The van der Waals surface area contributed by atoms with Crippen LogP contribution >= 0.6 is 0 Å². The summed E-state index contributed by atoms with van der Waals surface area (Å²) in [5.41, 5.74) is 1.44. The van der Waals surface area contributed by atoms with Crippen molar-refractivity contribution in [3.8, 4) is 11.3 Å². The van der Waals surface area contributed by atoms with E-state index in [1.807, 2.05) is 9.80 Å². The lowest BCUT2D eigenvalue weighted by Gasteiger charge is -2.35. The van der Waals surface area contributed by atoms with Gasteiger partial charge >= 0.3 is 0 Å². The van der Waals surface area contributed by atoms with Gasteiger partial charge in [-0.1, -0.05) is 0 Å². The fourth-order valence-corrected chi connectivity index (χ4v) is 4.51. The molecule has 2 aliphatic heterocycles. The second kappa shape index (κ2) is 8.56. The Hall–Kier alpha value is -2.90. The van der Waals surface area contributed by atoms with Gasteiger partial charge in [0.25, 0.3) is 0 Å². The Kier molecular flexibility index (Phi) is 5.97. The molecule has 172 valence electrons. The fourth-order valence-electron chi connectivity index (χ4n) is 4.51. The van der Waals surface area contributed by atoms with Gasteiger partial charge in [-0.05, 0) is 57.9 Å². The zero-order valence-electron chi connectivity index (χ0n) is 19.3. The lowest BCUT2D eigenvalue weighted by atomic mass is 9.95. The Morgan fingerprint density at radius 1 is 1.03 bits per heavy atom. The number of anilines is 1. The molecule has 2 aromatic rings. The van der Waals surface area contributed by atoms with Gasteiger partial charge in [-0.3, -0.25) is 9.59 Å². The molecule has 1 aromatic carbocycles. The molecule has 0 atom stereocenters. The number of piperidine rings is 1. The minimum absolute atomic E-state index is 0.0455. The van der Waals surface area contributed by atoms with Gasteiger partial charge in [-0.25, -0.2) is 9.37 Å². The number of halogens is 1. The molecule has 1 N–H and O–H groups in total. The van der Waals surface area contributed by atoms with Crippen LogP contribution in [0.4, 0.5) is 10.2 Å². The van der Waals surface area contributed by atoms with E-state index < -0.39 is 0 Å². The van der Waals surface area contributed by atoms with Crippen molar-refractivity contribution in [3.05, 3.63) is 35.9 Å². The molecule has 1 fully saturated rings. The number of fused-ring (bicyclic) bond motifs is 1. The zero-order valence-corrected chi connectivity index (χ0v) is 19.3. The number of aromatic nitrogens is 2. The maximum absolute atomic E-state index is 13.5. The van der Waals surface area contributed by atoms with Gasteiger partial charge in [0, 0.05) is 50.1 Å². The number of nitrogens with one attached hydrogen (secondary N) is 1. The molecule has 2 amide bonds. The highest BCUT2D eigenvalue weighted by Gasteiger charge is 2.33. The van der Waals surface area contributed by atoms with Crippen LogP contribution in [0.1, 0.15) is 46.4 Å². The number of hydrogen-bond donors (Lipinski definition) is 1. The Balaban J connectivity index is 1.56. The van der Waals surface area contributed by atoms with Gasteiger partial charge < -0.3 is 19.7 Å². The van der Waals surface area contributed by atoms with E-state index in [1.54, 1.807) is 19.1 Å². The molecular weight excluding hydrogens is 409 g/mol. The monoisotopic (exact) mass is 441 g/mol. The molecule has 4 rings (SSSR count). The fraction of sp³-hybridized carbons (Fsp3) is 0.542. The highest BCUT2D eigenvalue weighted by molar-refractivity contribution is 5.80. The first-order valence-corrected chi connectivity index (χ1v) is 11.3.